The number of hydrogen-bond donors (Lipinski definition) is 1. The third-order valence-corrected chi connectivity index (χ3v) is 14.8. The smallest absolute Gasteiger partial charge is 0.157 e. The summed E-state index contributed by atoms with van der Waals surface area (Å²) in [6.07, 6.45) is 5.79. The molecule has 0 aliphatic carbocycles. The Morgan fingerprint density at radius 1 is 0.592 bits per heavy atom. The predicted octanol–water partition coefficient (Wildman–Crippen LogP) is 17.2. The van der Waals surface area contributed by atoms with Crippen molar-refractivity contribution >= 4 is 110 Å². The van der Waals surface area contributed by atoms with Gasteiger partial charge in [0.2, 0.25) is 0 Å². The predicted molar refractivity (Wildman–Crippen MR) is 300 cm³/mol. The summed E-state index contributed by atoms with van der Waals surface area (Å²) < 4.78 is 17.9. The van der Waals surface area contributed by atoms with Crippen molar-refractivity contribution in [3.63, 3.8) is 0 Å². The van der Waals surface area contributed by atoms with Crippen LogP contribution in [0.3, 0.4) is 0 Å². The average Bonchev–Trinajstić information content (AvgIpc) is 4.18. The van der Waals surface area contributed by atoms with E-state index in [1.54, 1.807) is 0 Å². The van der Waals surface area contributed by atoms with Crippen LogP contribution in [0.5, 0.6) is 0 Å². The van der Waals surface area contributed by atoms with E-state index in [0.717, 1.165) is 83.3 Å². The van der Waals surface area contributed by atoms with Crippen LogP contribution in [0.25, 0.3) is 115 Å². The Morgan fingerprint density at radius 2 is 1.30 bits per heavy atom. The highest BCUT2D eigenvalue weighted by atomic mass is 32.1. The van der Waals surface area contributed by atoms with Gasteiger partial charge in [-0.1, -0.05) is 164 Å². The second kappa shape index (κ2) is 17.2. The lowest BCUT2D eigenvalue weighted by atomic mass is 9.96. The molecule has 7 heteroatoms. The number of thiophene rings is 1. The normalized spacial score (nSPS) is 12.6. The number of rotatable bonds is 9. The summed E-state index contributed by atoms with van der Waals surface area (Å²) in [5.41, 5.74) is 20.7. The van der Waals surface area contributed by atoms with E-state index in [1.807, 2.05) is 97.2 Å². The van der Waals surface area contributed by atoms with Crippen molar-refractivity contribution in [2.24, 2.45) is 15.7 Å². The third kappa shape index (κ3) is 7.08. The first-order chi connectivity index (χ1) is 35.0. The number of allylic oxidation sites excluding steroid dienone is 1. The van der Waals surface area contributed by atoms with E-state index < -0.39 is 0 Å². The molecule has 13 rings (SSSR count). The van der Waals surface area contributed by atoms with Gasteiger partial charge in [0.05, 0.1) is 17.6 Å². The first-order valence-corrected chi connectivity index (χ1v) is 24.6. The first-order valence-electron chi connectivity index (χ1n) is 23.8. The zero-order valence-electron chi connectivity index (χ0n) is 38.8. The Morgan fingerprint density at radius 3 is 2.07 bits per heavy atom. The number of hydrogen-bond acceptors (Lipinski definition) is 4. The van der Waals surface area contributed by atoms with Crippen LogP contribution < -0.4 is 5.73 Å². The number of benzene rings is 9. The van der Waals surface area contributed by atoms with Gasteiger partial charge >= 0.3 is 0 Å². The second-order valence-corrected chi connectivity index (χ2v) is 18.9. The number of furan rings is 2. The molecule has 0 spiro atoms. The minimum atomic E-state index is 0.355. The molecule has 6 nitrogen and oxygen atoms in total. The minimum Gasteiger partial charge on any atom is -0.456 e. The third-order valence-electron chi connectivity index (χ3n) is 13.6. The highest BCUT2D eigenvalue weighted by Gasteiger charge is 2.20. The van der Waals surface area contributed by atoms with Crippen molar-refractivity contribution in [2.45, 2.75) is 13.5 Å². The van der Waals surface area contributed by atoms with Gasteiger partial charge in [0.25, 0.3) is 0 Å². The van der Waals surface area contributed by atoms with E-state index in [0.29, 0.717) is 18.2 Å². The molecular weight excluding hydrogens is 889 g/mol. The monoisotopic (exact) mass is 932 g/mol. The molecule has 4 heterocycles. The maximum Gasteiger partial charge on any atom is 0.157 e. The SMILES string of the molecule is C=Cc1c(/C=C\C)oc2c(-c3ccc(C(N)=NC(=NCc4cccc5oc6ccc(-c7cc(-n8c9ccccc9c9ccccc98)cc8sc9ccccc9c78)cc6c45)c4ccccc4)cc3)cccc12. The molecule has 0 bridgehead atoms. The molecule has 0 aliphatic heterocycles. The van der Waals surface area contributed by atoms with Gasteiger partial charge in [0, 0.05) is 75.0 Å². The summed E-state index contributed by atoms with van der Waals surface area (Å²) in [5.74, 6) is 1.70. The molecule has 0 saturated carbocycles. The first kappa shape index (κ1) is 42.1. The van der Waals surface area contributed by atoms with E-state index in [2.05, 4.69) is 145 Å². The standard InChI is InChI=1S/C64H44N4O2S/c1-3-16-55-45(4-2)49-24-15-23-46(62(49)70-55)39-29-31-40(32-30-39)63(65)67-64(41-17-6-5-7-18-41)66-38-43-19-14-27-57-60(43)52-35-42(33-34-56(52)69-57)51-36-44(37-59-61(51)50-22-10-13-28-58(50)71-59)68-53-25-11-8-20-47(53)48-21-9-12-26-54(48)68/h3-37H,2,38H2,1H3,(H2,65,66,67)/b16-3-. The maximum atomic E-state index is 6.85. The zero-order valence-corrected chi connectivity index (χ0v) is 39.6. The lowest BCUT2D eigenvalue weighted by molar-refractivity contribution is 0.604. The lowest BCUT2D eigenvalue weighted by Gasteiger charge is -2.13. The van der Waals surface area contributed by atoms with Gasteiger partial charge in [-0.15, -0.1) is 11.3 Å². The van der Waals surface area contributed by atoms with Crippen molar-refractivity contribution in [1.29, 1.82) is 0 Å². The summed E-state index contributed by atoms with van der Waals surface area (Å²) in [6, 6.07) is 68.0. The van der Waals surface area contributed by atoms with Gasteiger partial charge in [-0.2, -0.15) is 0 Å². The quantitative estimate of drug-likeness (QED) is 0.116. The van der Waals surface area contributed by atoms with Gasteiger partial charge in [0.1, 0.15) is 28.3 Å². The van der Waals surface area contributed by atoms with E-state index in [1.165, 1.54) is 47.5 Å². The van der Waals surface area contributed by atoms with E-state index in [4.69, 9.17) is 24.6 Å². The number of aliphatic imine (C=N–C) groups is 2. The van der Waals surface area contributed by atoms with E-state index in [-0.39, 0.29) is 0 Å². The molecule has 71 heavy (non-hydrogen) atoms. The van der Waals surface area contributed by atoms with Crippen molar-refractivity contribution in [1.82, 2.24) is 4.57 Å². The van der Waals surface area contributed by atoms with Crippen LogP contribution >= 0.6 is 11.3 Å². The molecule has 0 fully saturated rings. The van der Waals surface area contributed by atoms with Gasteiger partial charge in [-0.05, 0) is 83.8 Å². The number of nitrogens with two attached hydrogens (primary N) is 1. The minimum absolute atomic E-state index is 0.355. The largest absolute Gasteiger partial charge is 0.456 e. The molecule has 0 aliphatic rings. The van der Waals surface area contributed by atoms with Crippen LogP contribution in [0.15, 0.2) is 226 Å². The fourth-order valence-corrected chi connectivity index (χ4v) is 11.6. The average molecular weight is 933 g/mol. The molecule has 0 unspecified atom stereocenters. The number of para-hydroxylation sites is 3. The summed E-state index contributed by atoms with van der Waals surface area (Å²) in [7, 11) is 0. The molecular formula is C64H44N4O2S. The van der Waals surface area contributed by atoms with Crippen molar-refractivity contribution in [3.05, 3.63) is 235 Å². The van der Waals surface area contributed by atoms with Crippen LogP contribution in [-0.4, -0.2) is 16.2 Å². The molecule has 0 radical (unpaired) electrons. The molecule has 0 amide bonds. The fraction of sp³-hybridized carbons (Fsp3) is 0.0312. The van der Waals surface area contributed by atoms with Crippen LogP contribution in [0.2, 0.25) is 0 Å². The maximum absolute atomic E-state index is 6.85. The Balaban J connectivity index is 0.902. The summed E-state index contributed by atoms with van der Waals surface area (Å²) in [4.78, 5) is 10.2. The molecule has 0 saturated heterocycles. The van der Waals surface area contributed by atoms with Crippen molar-refractivity contribution < 1.29 is 8.83 Å². The number of fused-ring (bicyclic) bond motifs is 10. The van der Waals surface area contributed by atoms with E-state index in [9.17, 15) is 0 Å². The van der Waals surface area contributed by atoms with Gasteiger partial charge in [-0.3, -0.25) is 4.99 Å². The van der Waals surface area contributed by atoms with Gasteiger partial charge < -0.3 is 19.1 Å². The second-order valence-electron chi connectivity index (χ2n) is 17.8. The highest BCUT2D eigenvalue weighted by Crippen LogP contribution is 2.45. The summed E-state index contributed by atoms with van der Waals surface area (Å²) in [6.45, 7) is 6.38. The van der Waals surface area contributed by atoms with Crippen LogP contribution in [0, 0.1) is 0 Å². The zero-order chi connectivity index (χ0) is 47.6. The Labute approximate surface area is 413 Å². The Bertz CT molecular complexity index is 4300. The Hall–Kier alpha value is -9.04. The Kier molecular flexibility index (Phi) is 10.2. The molecule has 338 valence electrons. The topological polar surface area (TPSA) is 81.9 Å². The van der Waals surface area contributed by atoms with Crippen molar-refractivity contribution in [3.8, 4) is 27.9 Å². The van der Waals surface area contributed by atoms with Crippen molar-refractivity contribution in [2.75, 3.05) is 0 Å². The van der Waals surface area contributed by atoms with Crippen LogP contribution in [0.4, 0.5) is 0 Å². The number of aromatic nitrogens is 1. The number of nitrogens with zero attached hydrogens (tertiary/aromatic N) is 3. The van der Waals surface area contributed by atoms with E-state index >= 15 is 0 Å². The summed E-state index contributed by atoms with van der Waals surface area (Å²) >= 11 is 1.84. The lowest BCUT2D eigenvalue weighted by Crippen LogP contribution is -2.16. The molecule has 2 N–H and O–H groups in total. The molecule has 4 aromatic heterocycles. The molecule has 13 aromatic rings. The number of amidine groups is 2. The van der Waals surface area contributed by atoms with Gasteiger partial charge in [-0.25, -0.2) is 4.99 Å². The van der Waals surface area contributed by atoms with Crippen LogP contribution in [-0.2, 0) is 6.54 Å². The van der Waals surface area contributed by atoms with Crippen LogP contribution in [0.1, 0.15) is 34.9 Å². The van der Waals surface area contributed by atoms with Gasteiger partial charge in [0.15, 0.2) is 5.84 Å². The highest BCUT2D eigenvalue weighted by molar-refractivity contribution is 7.26. The fourth-order valence-electron chi connectivity index (χ4n) is 10.4. The molecule has 0 atom stereocenters. The molecule has 9 aromatic carbocycles. The summed E-state index contributed by atoms with van der Waals surface area (Å²) in [5, 5.41) is 8.06.